The van der Waals surface area contributed by atoms with Crippen molar-refractivity contribution in [3.05, 3.63) is 52.1 Å². The number of anilines is 2. The van der Waals surface area contributed by atoms with E-state index in [9.17, 15) is 4.79 Å². The third kappa shape index (κ3) is 5.84. The molecule has 2 aromatic rings. The number of nitrogens with one attached hydrogen (secondary N) is 1. The number of hydrogen-bond donors (Lipinski definition) is 1. The van der Waals surface area contributed by atoms with Crippen molar-refractivity contribution in [3.8, 4) is 0 Å². The number of halogens is 2. The molecule has 1 N–H and O–H groups in total. The van der Waals surface area contributed by atoms with Crippen molar-refractivity contribution < 1.29 is 4.79 Å². The van der Waals surface area contributed by atoms with Crippen LogP contribution in [0.15, 0.2) is 36.5 Å². The fourth-order valence-electron chi connectivity index (χ4n) is 3.83. The molecule has 0 atom stereocenters. The van der Waals surface area contributed by atoms with Crippen LogP contribution in [0.2, 0.25) is 10.0 Å². The Morgan fingerprint density at radius 3 is 2.52 bits per heavy atom. The molecule has 1 aromatic heterocycles. The first-order valence-corrected chi connectivity index (χ1v) is 10.8. The molecule has 1 saturated heterocycles. The zero-order chi connectivity index (χ0) is 21.0. The number of rotatable bonds is 6. The summed E-state index contributed by atoms with van der Waals surface area (Å²) in [6.45, 7) is 7.81. The van der Waals surface area contributed by atoms with Crippen LogP contribution < -0.4 is 10.2 Å². The Morgan fingerprint density at radius 1 is 1.21 bits per heavy atom. The smallest absolute Gasteiger partial charge is 0.258 e. The lowest BCUT2D eigenvalue weighted by Crippen LogP contribution is -2.44. The van der Waals surface area contributed by atoms with Crippen LogP contribution in [-0.2, 0) is 0 Å². The second-order valence-electron chi connectivity index (χ2n) is 8.01. The fraction of sp³-hybridized carbons (Fsp3) is 0.455. The van der Waals surface area contributed by atoms with Crippen molar-refractivity contribution in [1.29, 1.82) is 0 Å². The van der Waals surface area contributed by atoms with E-state index in [1.165, 1.54) is 6.20 Å². The molecule has 3 rings (SSSR count). The molecular formula is C22H28Cl2N4O. The number of piperidine rings is 1. The van der Waals surface area contributed by atoms with Gasteiger partial charge in [-0.3, -0.25) is 4.79 Å². The van der Waals surface area contributed by atoms with Crippen molar-refractivity contribution in [3.63, 3.8) is 0 Å². The highest BCUT2D eigenvalue weighted by Crippen LogP contribution is 2.29. The van der Waals surface area contributed by atoms with Gasteiger partial charge in [0.1, 0.15) is 5.82 Å². The van der Waals surface area contributed by atoms with Crippen LogP contribution >= 0.6 is 23.2 Å². The molecule has 0 spiro atoms. The van der Waals surface area contributed by atoms with Crippen LogP contribution in [0, 0.1) is 5.92 Å². The topological polar surface area (TPSA) is 48.5 Å². The first kappa shape index (κ1) is 21.9. The average molecular weight is 435 g/mol. The fourth-order valence-corrected chi connectivity index (χ4v) is 4.12. The molecule has 0 saturated carbocycles. The van der Waals surface area contributed by atoms with Crippen molar-refractivity contribution in [2.24, 2.45) is 5.92 Å². The maximum absolute atomic E-state index is 13.0. The molecule has 29 heavy (non-hydrogen) atoms. The van der Waals surface area contributed by atoms with Crippen LogP contribution in [0.5, 0.6) is 0 Å². The van der Waals surface area contributed by atoms with E-state index in [4.69, 9.17) is 23.2 Å². The minimum Gasteiger partial charge on any atom is -0.371 e. The normalized spacial score (nSPS) is 15.5. The van der Waals surface area contributed by atoms with Crippen LogP contribution in [-0.4, -0.2) is 48.5 Å². The number of amides is 1. The lowest BCUT2D eigenvalue weighted by molar-refractivity contribution is 0.102. The number of carbonyl (C=O) groups excluding carboxylic acids is 1. The van der Waals surface area contributed by atoms with Gasteiger partial charge in [-0.05, 0) is 49.1 Å². The molecule has 1 aliphatic rings. The SMILES string of the molecule is CC(C)CN1CCC(N(C)c2ccc(Cl)cc2C(=O)Nc2ccc(Cl)cn2)CC1. The number of aromatic nitrogens is 1. The van der Waals surface area contributed by atoms with Crippen LogP contribution in [0.25, 0.3) is 0 Å². The molecule has 1 aliphatic heterocycles. The molecule has 5 nitrogen and oxygen atoms in total. The molecule has 1 aromatic carbocycles. The van der Waals surface area contributed by atoms with Crippen LogP contribution in [0.4, 0.5) is 11.5 Å². The van der Waals surface area contributed by atoms with Gasteiger partial charge in [-0.15, -0.1) is 0 Å². The lowest BCUT2D eigenvalue weighted by atomic mass is 10.0. The monoisotopic (exact) mass is 434 g/mol. The highest BCUT2D eigenvalue weighted by atomic mass is 35.5. The molecule has 0 aliphatic carbocycles. The summed E-state index contributed by atoms with van der Waals surface area (Å²) in [5.74, 6) is 0.897. The minimum atomic E-state index is -0.235. The van der Waals surface area contributed by atoms with Crippen molar-refractivity contribution in [2.75, 3.05) is 36.9 Å². The third-order valence-electron chi connectivity index (χ3n) is 5.28. The summed E-state index contributed by atoms with van der Waals surface area (Å²) in [5, 5.41) is 3.89. The Hall–Kier alpha value is -1.82. The molecule has 2 heterocycles. The summed E-state index contributed by atoms with van der Waals surface area (Å²) >= 11 is 12.1. The molecular weight excluding hydrogens is 407 g/mol. The molecule has 1 amide bonds. The van der Waals surface area contributed by atoms with Gasteiger partial charge in [0, 0.05) is 49.6 Å². The van der Waals surface area contributed by atoms with E-state index in [2.05, 4.69) is 41.0 Å². The maximum Gasteiger partial charge on any atom is 0.258 e. The van der Waals surface area contributed by atoms with Crippen LogP contribution in [0.3, 0.4) is 0 Å². The van der Waals surface area contributed by atoms with E-state index in [0.29, 0.717) is 33.4 Å². The van der Waals surface area contributed by atoms with E-state index in [1.54, 1.807) is 18.2 Å². The third-order valence-corrected chi connectivity index (χ3v) is 5.74. The van der Waals surface area contributed by atoms with Gasteiger partial charge in [-0.25, -0.2) is 4.98 Å². The number of hydrogen-bond acceptors (Lipinski definition) is 4. The Morgan fingerprint density at radius 2 is 1.90 bits per heavy atom. The highest BCUT2D eigenvalue weighted by Gasteiger charge is 2.25. The predicted molar refractivity (Wildman–Crippen MR) is 121 cm³/mol. The highest BCUT2D eigenvalue weighted by molar-refractivity contribution is 6.31. The van der Waals surface area contributed by atoms with Crippen molar-refractivity contribution >= 4 is 40.6 Å². The summed E-state index contributed by atoms with van der Waals surface area (Å²) in [7, 11) is 2.06. The first-order chi connectivity index (χ1) is 13.8. The second kappa shape index (κ2) is 9.79. The summed E-state index contributed by atoms with van der Waals surface area (Å²) < 4.78 is 0. The summed E-state index contributed by atoms with van der Waals surface area (Å²) in [5.41, 5.74) is 1.42. The predicted octanol–water partition coefficient (Wildman–Crippen LogP) is 5.20. The summed E-state index contributed by atoms with van der Waals surface area (Å²) in [6.07, 6.45) is 3.66. The lowest BCUT2D eigenvalue weighted by Gasteiger charge is -2.39. The quantitative estimate of drug-likeness (QED) is 0.678. The zero-order valence-corrected chi connectivity index (χ0v) is 18.7. The van der Waals surface area contributed by atoms with Crippen molar-refractivity contribution in [2.45, 2.75) is 32.7 Å². The minimum absolute atomic E-state index is 0.235. The average Bonchev–Trinajstić information content (AvgIpc) is 2.69. The van der Waals surface area contributed by atoms with Gasteiger partial charge in [0.05, 0.1) is 10.6 Å². The Labute approximate surface area is 183 Å². The maximum atomic E-state index is 13.0. The number of carbonyl (C=O) groups is 1. The Bertz CT molecular complexity index is 833. The Balaban J connectivity index is 1.74. The molecule has 1 fully saturated rings. The van der Waals surface area contributed by atoms with E-state index in [-0.39, 0.29) is 5.91 Å². The number of benzene rings is 1. The van der Waals surface area contributed by atoms with Gasteiger partial charge in [0.25, 0.3) is 5.91 Å². The molecule has 7 heteroatoms. The van der Waals surface area contributed by atoms with Gasteiger partial charge >= 0.3 is 0 Å². The second-order valence-corrected chi connectivity index (χ2v) is 8.89. The molecule has 0 bridgehead atoms. The van der Waals surface area contributed by atoms with E-state index >= 15 is 0 Å². The van der Waals surface area contributed by atoms with E-state index in [0.717, 1.165) is 38.2 Å². The number of likely N-dealkylation sites (tertiary alicyclic amines) is 1. The number of pyridine rings is 1. The van der Waals surface area contributed by atoms with Crippen LogP contribution in [0.1, 0.15) is 37.0 Å². The zero-order valence-electron chi connectivity index (χ0n) is 17.2. The summed E-state index contributed by atoms with van der Waals surface area (Å²) in [6, 6.07) is 9.23. The molecule has 0 unspecified atom stereocenters. The Kier molecular flexibility index (Phi) is 7.38. The van der Waals surface area contributed by atoms with Gasteiger partial charge in [0.15, 0.2) is 0 Å². The standard InChI is InChI=1S/C22H28Cl2N4O/c1-15(2)14-28-10-8-18(9-11-28)27(3)20-6-4-16(23)12-19(20)22(29)26-21-7-5-17(24)13-25-21/h4-7,12-13,15,18H,8-11,14H2,1-3H3,(H,25,26,29). The van der Waals surface area contributed by atoms with Gasteiger partial charge in [-0.1, -0.05) is 37.0 Å². The van der Waals surface area contributed by atoms with Gasteiger partial charge in [0.2, 0.25) is 0 Å². The largest absolute Gasteiger partial charge is 0.371 e. The van der Waals surface area contributed by atoms with E-state index < -0.39 is 0 Å². The van der Waals surface area contributed by atoms with E-state index in [1.807, 2.05) is 12.1 Å². The van der Waals surface area contributed by atoms with Crippen molar-refractivity contribution in [1.82, 2.24) is 9.88 Å². The number of nitrogens with zero attached hydrogens (tertiary/aromatic N) is 3. The molecule has 156 valence electrons. The van der Waals surface area contributed by atoms with Gasteiger partial charge in [-0.2, -0.15) is 0 Å². The summed E-state index contributed by atoms with van der Waals surface area (Å²) in [4.78, 5) is 21.8. The molecule has 0 radical (unpaired) electrons. The van der Waals surface area contributed by atoms with Gasteiger partial charge < -0.3 is 15.1 Å². The first-order valence-electron chi connectivity index (χ1n) is 10.0.